The van der Waals surface area contributed by atoms with Crippen LogP contribution >= 0.6 is 11.9 Å². The monoisotopic (exact) mass is 445 g/mol. The van der Waals surface area contributed by atoms with Crippen molar-refractivity contribution in [3.05, 3.63) is 71.6 Å². The molecule has 0 bridgehead atoms. The minimum absolute atomic E-state index is 0.200. The first-order valence-corrected chi connectivity index (χ1v) is 11.1. The highest BCUT2D eigenvalue weighted by Gasteiger charge is 2.49. The molecule has 1 atom stereocenters. The fourth-order valence-corrected chi connectivity index (χ4v) is 4.10. The molecule has 4 nitrogen and oxygen atoms in total. The molecule has 158 valence electrons. The van der Waals surface area contributed by atoms with E-state index in [9.17, 15) is 21.6 Å². The number of allylic oxidation sites excluding steroid dienone is 6. The van der Waals surface area contributed by atoms with Gasteiger partial charge < -0.3 is 4.18 Å². The van der Waals surface area contributed by atoms with Crippen molar-refractivity contribution in [2.45, 2.75) is 38.1 Å². The lowest BCUT2D eigenvalue weighted by Crippen LogP contribution is -2.27. The molecule has 0 saturated carbocycles. The first-order valence-electron chi connectivity index (χ1n) is 8.96. The summed E-state index contributed by atoms with van der Waals surface area (Å²) in [6.07, 6.45) is 9.40. The summed E-state index contributed by atoms with van der Waals surface area (Å²) in [6.45, 7) is 7.52. The van der Waals surface area contributed by atoms with Gasteiger partial charge in [0.05, 0.1) is 11.4 Å². The Balaban J connectivity index is 0.00000145. The normalized spacial score (nSPS) is 19.1. The van der Waals surface area contributed by atoms with Gasteiger partial charge >= 0.3 is 15.6 Å². The van der Waals surface area contributed by atoms with Crippen LogP contribution in [0.1, 0.15) is 33.3 Å². The topological polar surface area (TPSA) is 46.6 Å². The van der Waals surface area contributed by atoms with Crippen molar-refractivity contribution in [1.29, 1.82) is 0 Å². The van der Waals surface area contributed by atoms with Crippen molar-refractivity contribution in [3.63, 3.8) is 0 Å². The molecule has 3 rings (SSSR count). The van der Waals surface area contributed by atoms with Gasteiger partial charge in [0.25, 0.3) is 0 Å². The summed E-state index contributed by atoms with van der Waals surface area (Å²) in [6, 6.07) is 6.56. The van der Waals surface area contributed by atoms with Crippen LogP contribution in [-0.2, 0) is 14.3 Å². The van der Waals surface area contributed by atoms with Crippen molar-refractivity contribution < 1.29 is 25.8 Å². The van der Waals surface area contributed by atoms with Crippen LogP contribution in [-0.4, -0.2) is 18.2 Å². The third-order valence-corrected chi connectivity index (χ3v) is 6.09. The van der Waals surface area contributed by atoms with Crippen molar-refractivity contribution in [3.8, 4) is 0 Å². The molecule has 0 amide bonds. The maximum Gasteiger partial charge on any atom is 0.534 e. The summed E-state index contributed by atoms with van der Waals surface area (Å²) in [5, 5.41) is 0. The zero-order chi connectivity index (χ0) is 21.8. The molecule has 1 unspecified atom stereocenters. The number of alkyl halides is 3. The number of benzene rings is 1. The summed E-state index contributed by atoms with van der Waals surface area (Å²) in [5.74, 6) is -0.135. The minimum atomic E-state index is -5.79. The summed E-state index contributed by atoms with van der Waals surface area (Å²) in [5.41, 5.74) is -4.26. The van der Waals surface area contributed by atoms with Gasteiger partial charge in [0, 0.05) is 10.5 Å². The number of hydrogen-bond donors (Lipinski definition) is 0. The lowest BCUT2D eigenvalue weighted by molar-refractivity contribution is -0.0509. The Labute approximate surface area is 173 Å². The number of halogens is 3. The Morgan fingerprint density at radius 1 is 1.14 bits per heavy atom. The Morgan fingerprint density at radius 3 is 2.45 bits per heavy atom. The van der Waals surface area contributed by atoms with Gasteiger partial charge in [0.15, 0.2) is 5.76 Å². The number of rotatable bonds is 3. The molecule has 0 radical (unpaired) electrons. The van der Waals surface area contributed by atoms with Gasteiger partial charge in [-0.25, -0.2) is 0 Å². The quantitative estimate of drug-likeness (QED) is 0.313. The van der Waals surface area contributed by atoms with Gasteiger partial charge in [-0.05, 0) is 49.1 Å². The molecule has 0 fully saturated rings. The number of fused-ring (bicyclic) bond motifs is 1. The zero-order valence-electron chi connectivity index (χ0n) is 16.4. The largest absolute Gasteiger partial charge is 0.534 e. The average molecular weight is 446 g/mol. The highest BCUT2D eigenvalue weighted by Crippen LogP contribution is 2.45. The lowest BCUT2D eigenvalue weighted by atomic mass is 10.1. The van der Waals surface area contributed by atoms with Crippen LogP contribution in [0.5, 0.6) is 0 Å². The van der Waals surface area contributed by atoms with Gasteiger partial charge in [-0.1, -0.05) is 51.1 Å². The molecule has 0 spiro atoms. The number of nitrogens with zero attached hydrogens (tertiary/aromatic N) is 1. The van der Waals surface area contributed by atoms with Crippen LogP contribution < -0.4 is 0 Å². The second-order valence-corrected chi connectivity index (χ2v) is 8.50. The molecule has 1 heterocycles. The molecular formula is C20H22F3NO3S2. The van der Waals surface area contributed by atoms with Gasteiger partial charge in [-0.3, -0.25) is 4.31 Å². The summed E-state index contributed by atoms with van der Waals surface area (Å²) >= 11 is 1.29. The average Bonchev–Trinajstić information content (AvgIpc) is 2.89. The highest BCUT2D eigenvalue weighted by molar-refractivity contribution is 7.97. The second kappa shape index (κ2) is 9.13. The van der Waals surface area contributed by atoms with Crippen LogP contribution in [0, 0.1) is 5.92 Å². The first-order chi connectivity index (χ1) is 13.6. The van der Waals surface area contributed by atoms with E-state index in [0.717, 1.165) is 0 Å². The smallest absolute Gasteiger partial charge is 0.373 e. The summed E-state index contributed by atoms with van der Waals surface area (Å²) < 4.78 is 68.0. The van der Waals surface area contributed by atoms with Gasteiger partial charge in [0.1, 0.15) is 0 Å². The number of hydrogen-bond acceptors (Lipinski definition) is 5. The van der Waals surface area contributed by atoms with E-state index < -0.39 is 15.6 Å². The minimum Gasteiger partial charge on any atom is -0.373 e. The molecular weight excluding hydrogens is 423 g/mol. The van der Waals surface area contributed by atoms with E-state index in [1.54, 1.807) is 28.6 Å². The third kappa shape index (κ3) is 5.08. The van der Waals surface area contributed by atoms with Crippen molar-refractivity contribution in [1.82, 2.24) is 4.31 Å². The summed E-state index contributed by atoms with van der Waals surface area (Å²) in [4.78, 5) is 0.589. The Bertz CT molecular complexity index is 977. The molecule has 1 aromatic rings. The van der Waals surface area contributed by atoms with Gasteiger partial charge in [-0.15, -0.1) is 0 Å². The highest BCUT2D eigenvalue weighted by atomic mass is 32.2. The Kier molecular flexibility index (Phi) is 7.29. The first kappa shape index (κ1) is 23.2. The van der Waals surface area contributed by atoms with E-state index in [2.05, 4.69) is 4.18 Å². The SMILES string of the molecule is CC.CC1=C(OS(=O)(=O)C(F)(F)F)c2ccccc2SN1C1=CC=CC(C)C=C1. The lowest BCUT2D eigenvalue weighted by Gasteiger charge is -2.32. The molecule has 2 aliphatic rings. The molecule has 0 N–H and O–H groups in total. The standard InChI is InChI=1S/C18H16F3NO3S2.C2H6/c1-12-6-5-7-14(11-10-12)22-13(2)17(25-27(23,24)18(19,20)21)15-8-3-4-9-16(15)26-22;1-2/h3-12H,1-2H3;1-2H3. The van der Waals surface area contributed by atoms with Gasteiger partial charge in [-0.2, -0.15) is 21.6 Å². The van der Waals surface area contributed by atoms with Crippen LogP contribution in [0.3, 0.4) is 0 Å². The van der Waals surface area contributed by atoms with E-state index in [-0.39, 0.29) is 17.4 Å². The predicted molar refractivity (Wildman–Crippen MR) is 110 cm³/mol. The second-order valence-electron chi connectivity index (χ2n) is 5.97. The van der Waals surface area contributed by atoms with Crippen molar-refractivity contribution >= 4 is 27.8 Å². The Hall–Kier alpha value is -2.13. The fourth-order valence-electron chi connectivity index (χ4n) is 2.53. The maximum absolute atomic E-state index is 12.9. The van der Waals surface area contributed by atoms with E-state index >= 15 is 0 Å². The Morgan fingerprint density at radius 2 is 1.79 bits per heavy atom. The molecule has 0 aromatic heterocycles. The van der Waals surface area contributed by atoms with Crippen LogP contribution in [0.15, 0.2) is 70.9 Å². The molecule has 29 heavy (non-hydrogen) atoms. The van der Waals surface area contributed by atoms with Crippen LogP contribution in [0.25, 0.3) is 5.76 Å². The summed E-state index contributed by atoms with van der Waals surface area (Å²) in [7, 11) is -5.79. The molecule has 0 saturated heterocycles. The van der Waals surface area contributed by atoms with Crippen molar-refractivity contribution in [2.75, 3.05) is 0 Å². The van der Waals surface area contributed by atoms with E-state index in [0.29, 0.717) is 16.2 Å². The van der Waals surface area contributed by atoms with Crippen LogP contribution in [0.2, 0.25) is 0 Å². The van der Waals surface area contributed by atoms with E-state index in [1.807, 2.05) is 45.1 Å². The molecule has 1 aliphatic heterocycles. The molecule has 1 aromatic carbocycles. The van der Waals surface area contributed by atoms with Crippen LogP contribution in [0.4, 0.5) is 13.2 Å². The van der Waals surface area contributed by atoms with Crippen molar-refractivity contribution in [2.24, 2.45) is 5.92 Å². The fraction of sp³-hybridized carbons (Fsp3) is 0.300. The maximum atomic E-state index is 12.9. The predicted octanol–water partition coefficient (Wildman–Crippen LogP) is 6.24. The third-order valence-electron chi connectivity index (χ3n) is 3.92. The molecule has 9 heteroatoms. The van der Waals surface area contributed by atoms with E-state index in [1.165, 1.54) is 24.9 Å². The molecule has 1 aliphatic carbocycles. The zero-order valence-corrected chi connectivity index (χ0v) is 18.0. The van der Waals surface area contributed by atoms with Gasteiger partial charge in [0.2, 0.25) is 0 Å². The van der Waals surface area contributed by atoms with E-state index in [4.69, 9.17) is 0 Å².